The highest BCUT2D eigenvalue weighted by atomic mass is 16.5. The molecule has 0 bridgehead atoms. The van der Waals surface area contributed by atoms with E-state index in [1.165, 1.54) is 4.90 Å². The summed E-state index contributed by atoms with van der Waals surface area (Å²) in [5.41, 5.74) is 1.66. The fourth-order valence-electron chi connectivity index (χ4n) is 4.31. The van der Waals surface area contributed by atoms with Crippen molar-refractivity contribution in [1.82, 2.24) is 9.88 Å². The standard InChI is InChI=1S/C28H30N2O5/c1-6-34-21-13-11-18(15-20(21)28(3,4)5)25(31)23-24(22-12-10-17(2)35-22)30(27(33)26(23)32)16-19-9-7-8-14-29-19/h7-15,24,31H,6,16H2,1-5H3/b25-23-. The third kappa shape index (κ3) is 4.71. The minimum atomic E-state index is -0.879. The van der Waals surface area contributed by atoms with Crippen molar-refractivity contribution in [3.05, 3.63) is 88.6 Å². The minimum Gasteiger partial charge on any atom is -0.507 e. The van der Waals surface area contributed by atoms with Crippen molar-refractivity contribution < 1.29 is 23.8 Å². The number of Topliss-reactive ketones (excluding diaryl/α,β-unsaturated/α-hetero) is 1. The molecule has 1 aliphatic heterocycles. The zero-order valence-electron chi connectivity index (χ0n) is 20.7. The van der Waals surface area contributed by atoms with E-state index >= 15 is 0 Å². The molecule has 4 rings (SSSR count). The number of rotatable bonds is 6. The molecule has 3 aromatic rings. The van der Waals surface area contributed by atoms with Crippen LogP contribution in [0.25, 0.3) is 5.76 Å². The maximum Gasteiger partial charge on any atom is 0.296 e. The zero-order valence-corrected chi connectivity index (χ0v) is 20.7. The van der Waals surface area contributed by atoms with Gasteiger partial charge in [0.05, 0.1) is 24.4 Å². The maximum atomic E-state index is 13.3. The average molecular weight is 475 g/mol. The lowest BCUT2D eigenvalue weighted by Gasteiger charge is -2.24. The number of benzene rings is 1. The third-order valence-electron chi connectivity index (χ3n) is 5.99. The largest absolute Gasteiger partial charge is 0.507 e. The lowest BCUT2D eigenvalue weighted by Crippen LogP contribution is -2.29. The molecule has 0 aliphatic carbocycles. The molecule has 0 radical (unpaired) electrons. The van der Waals surface area contributed by atoms with E-state index in [1.54, 1.807) is 49.5 Å². The molecule has 1 fully saturated rings. The van der Waals surface area contributed by atoms with Gasteiger partial charge in [-0.3, -0.25) is 14.6 Å². The zero-order chi connectivity index (χ0) is 25.3. The van der Waals surface area contributed by atoms with Crippen LogP contribution in [0.15, 0.2) is 64.7 Å². The second-order valence-electron chi connectivity index (χ2n) is 9.59. The van der Waals surface area contributed by atoms with Crippen molar-refractivity contribution in [1.29, 1.82) is 0 Å². The van der Waals surface area contributed by atoms with E-state index in [-0.39, 0.29) is 23.3 Å². The number of aromatic nitrogens is 1. The summed E-state index contributed by atoms with van der Waals surface area (Å²) in [5.74, 6) is 0.0347. The van der Waals surface area contributed by atoms with Crippen LogP contribution in [0.3, 0.4) is 0 Å². The van der Waals surface area contributed by atoms with Crippen LogP contribution in [0.4, 0.5) is 0 Å². The maximum absolute atomic E-state index is 13.3. The fourth-order valence-corrected chi connectivity index (χ4v) is 4.31. The highest BCUT2D eigenvalue weighted by Gasteiger charge is 2.47. The van der Waals surface area contributed by atoms with Crippen molar-refractivity contribution in [2.45, 2.75) is 52.6 Å². The molecule has 1 aromatic carbocycles. The molecule has 1 unspecified atom stereocenters. The van der Waals surface area contributed by atoms with Gasteiger partial charge in [0.25, 0.3) is 11.7 Å². The van der Waals surface area contributed by atoms with E-state index in [2.05, 4.69) is 4.98 Å². The van der Waals surface area contributed by atoms with E-state index < -0.39 is 17.7 Å². The van der Waals surface area contributed by atoms with Crippen molar-refractivity contribution in [3.63, 3.8) is 0 Å². The van der Waals surface area contributed by atoms with Gasteiger partial charge in [-0.25, -0.2) is 0 Å². The van der Waals surface area contributed by atoms with Gasteiger partial charge in [-0.05, 0) is 61.7 Å². The second kappa shape index (κ2) is 9.41. The molecule has 1 amide bonds. The SMILES string of the molecule is CCOc1ccc(/C(O)=C2/C(=O)C(=O)N(Cc3ccccn3)C2c2ccc(C)o2)cc1C(C)(C)C. The Bertz CT molecular complexity index is 1280. The van der Waals surface area contributed by atoms with Crippen LogP contribution in [-0.2, 0) is 21.5 Å². The number of hydrogen-bond donors (Lipinski definition) is 1. The van der Waals surface area contributed by atoms with E-state index in [0.29, 0.717) is 35.1 Å². The number of ketones is 1. The normalized spacial score (nSPS) is 17.7. The summed E-state index contributed by atoms with van der Waals surface area (Å²) in [6, 6.07) is 13.3. The molecular formula is C28H30N2O5. The molecule has 1 aliphatic rings. The molecule has 2 aromatic heterocycles. The minimum absolute atomic E-state index is 0.00991. The highest BCUT2D eigenvalue weighted by Crippen LogP contribution is 2.42. The molecule has 7 nitrogen and oxygen atoms in total. The highest BCUT2D eigenvalue weighted by molar-refractivity contribution is 6.46. The molecule has 7 heteroatoms. The van der Waals surface area contributed by atoms with Crippen LogP contribution in [0.2, 0.25) is 0 Å². The van der Waals surface area contributed by atoms with Crippen LogP contribution < -0.4 is 4.74 Å². The number of ether oxygens (including phenoxy) is 1. The van der Waals surface area contributed by atoms with E-state index in [1.807, 2.05) is 39.8 Å². The first-order chi connectivity index (χ1) is 16.6. The number of carbonyl (C=O) groups is 2. The van der Waals surface area contributed by atoms with Crippen LogP contribution in [0, 0.1) is 6.92 Å². The number of amides is 1. The quantitative estimate of drug-likeness (QED) is 0.296. The Morgan fingerprint density at radius 3 is 2.51 bits per heavy atom. The van der Waals surface area contributed by atoms with Gasteiger partial charge < -0.3 is 19.2 Å². The Morgan fingerprint density at radius 1 is 1.14 bits per heavy atom. The Kier molecular flexibility index (Phi) is 6.52. The van der Waals surface area contributed by atoms with Crippen LogP contribution >= 0.6 is 0 Å². The van der Waals surface area contributed by atoms with E-state index in [0.717, 1.165) is 5.56 Å². The number of pyridine rings is 1. The van der Waals surface area contributed by atoms with Crippen LogP contribution in [-0.4, -0.2) is 33.3 Å². The molecule has 1 saturated heterocycles. The summed E-state index contributed by atoms with van der Waals surface area (Å²) in [6.45, 7) is 10.4. The number of carbonyl (C=O) groups excluding carboxylic acids is 2. The van der Waals surface area contributed by atoms with Crippen molar-refractivity contribution in [2.75, 3.05) is 6.61 Å². The second-order valence-corrected chi connectivity index (χ2v) is 9.59. The predicted octanol–water partition coefficient (Wildman–Crippen LogP) is 5.30. The summed E-state index contributed by atoms with van der Waals surface area (Å²) in [6.07, 6.45) is 1.63. The van der Waals surface area contributed by atoms with Gasteiger partial charge in [0.2, 0.25) is 0 Å². The van der Waals surface area contributed by atoms with Gasteiger partial charge in [0.15, 0.2) is 0 Å². The number of aliphatic hydroxyl groups is 1. The Balaban J connectivity index is 1.87. The van der Waals surface area contributed by atoms with Gasteiger partial charge in [-0.1, -0.05) is 26.8 Å². The average Bonchev–Trinajstić information content (AvgIpc) is 3.35. The van der Waals surface area contributed by atoms with Crippen molar-refractivity contribution >= 4 is 17.4 Å². The first-order valence-electron chi connectivity index (χ1n) is 11.6. The molecule has 1 atom stereocenters. The topological polar surface area (TPSA) is 92.9 Å². The molecule has 0 spiro atoms. The summed E-state index contributed by atoms with van der Waals surface area (Å²) in [4.78, 5) is 32.1. The number of hydrogen-bond acceptors (Lipinski definition) is 6. The number of nitrogens with zero attached hydrogens (tertiary/aromatic N) is 2. The number of furan rings is 1. The first-order valence-corrected chi connectivity index (χ1v) is 11.6. The Labute approximate surface area is 205 Å². The lowest BCUT2D eigenvalue weighted by molar-refractivity contribution is -0.140. The number of likely N-dealkylation sites (tertiary alicyclic amines) is 1. The molecule has 3 heterocycles. The van der Waals surface area contributed by atoms with Gasteiger partial charge in [0, 0.05) is 17.3 Å². The van der Waals surface area contributed by atoms with E-state index in [9.17, 15) is 14.7 Å². The summed E-state index contributed by atoms with van der Waals surface area (Å²) in [5, 5.41) is 11.4. The smallest absolute Gasteiger partial charge is 0.296 e. The Hall–Kier alpha value is -3.87. The molecule has 0 saturated carbocycles. The van der Waals surface area contributed by atoms with E-state index in [4.69, 9.17) is 9.15 Å². The van der Waals surface area contributed by atoms with Crippen molar-refractivity contribution in [3.8, 4) is 5.75 Å². The molecule has 35 heavy (non-hydrogen) atoms. The summed E-state index contributed by atoms with van der Waals surface area (Å²) in [7, 11) is 0. The molecule has 182 valence electrons. The first kappa shape index (κ1) is 24.3. The number of aryl methyl sites for hydroxylation is 1. The monoisotopic (exact) mass is 474 g/mol. The Morgan fingerprint density at radius 2 is 1.91 bits per heavy atom. The van der Waals surface area contributed by atoms with Gasteiger partial charge in [-0.2, -0.15) is 0 Å². The summed E-state index contributed by atoms with van der Waals surface area (Å²) < 4.78 is 11.6. The number of aliphatic hydroxyl groups excluding tert-OH is 1. The van der Waals surface area contributed by atoms with Crippen molar-refractivity contribution in [2.24, 2.45) is 0 Å². The van der Waals surface area contributed by atoms with Gasteiger partial charge in [0.1, 0.15) is 29.1 Å². The van der Waals surface area contributed by atoms with Crippen LogP contribution in [0.5, 0.6) is 5.75 Å². The molecule has 1 N–H and O–H groups in total. The predicted molar refractivity (Wildman–Crippen MR) is 132 cm³/mol. The molecular weight excluding hydrogens is 444 g/mol. The lowest BCUT2D eigenvalue weighted by atomic mass is 9.84. The summed E-state index contributed by atoms with van der Waals surface area (Å²) >= 11 is 0. The fraction of sp³-hybridized carbons (Fsp3) is 0.321. The van der Waals surface area contributed by atoms with Gasteiger partial charge in [-0.15, -0.1) is 0 Å². The third-order valence-corrected chi connectivity index (χ3v) is 5.99. The van der Waals surface area contributed by atoms with Crippen LogP contribution in [0.1, 0.15) is 62.1 Å². The van der Waals surface area contributed by atoms with Gasteiger partial charge >= 0.3 is 0 Å².